The molecule has 0 aromatic carbocycles. The molecule has 2 bridgehead atoms. The second-order valence-electron chi connectivity index (χ2n) is 9.44. The van der Waals surface area contributed by atoms with E-state index in [0.29, 0.717) is 37.5 Å². The summed E-state index contributed by atoms with van der Waals surface area (Å²) < 4.78 is 35.5. The van der Waals surface area contributed by atoms with E-state index in [-0.39, 0.29) is 30.1 Å². The van der Waals surface area contributed by atoms with Gasteiger partial charge < -0.3 is 14.7 Å². The van der Waals surface area contributed by atoms with Crippen molar-refractivity contribution in [2.45, 2.75) is 75.5 Å². The lowest BCUT2D eigenvalue weighted by molar-refractivity contribution is 0.0894. The van der Waals surface area contributed by atoms with Gasteiger partial charge in [0.05, 0.1) is 0 Å². The lowest BCUT2D eigenvalue weighted by Crippen LogP contribution is -2.60. The highest BCUT2D eigenvalue weighted by atomic mass is 32.2. The maximum atomic E-state index is 13.4. The Kier molecular flexibility index (Phi) is 5.16. The van der Waals surface area contributed by atoms with Crippen LogP contribution in [0.3, 0.4) is 0 Å². The predicted octanol–water partition coefficient (Wildman–Crippen LogP) is 1.16. The average molecular weight is 438 g/mol. The summed E-state index contributed by atoms with van der Waals surface area (Å²) in [6.45, 7) is 3.89. The topological polar surface area (TPSA) is 99.0 Å². The van der Waals surface area contributed by atoms with Gasteiger partial charge in [-0.2, -0.15) is 17.0 Å². The van der Waals surface area contributed by atoms with E-state index < -0.39 is 10.2 Å². The SMILES string of the molecule is CC1CN(S(=O)(=O)N2[C@@H]3CC[C@H]2C[C@@H](NC(=O)c2cc(C4CC4)on2)C3)CCN1C. The van der Waals surface area contributed by atoms with Crippen molar-refractivity contribution in [1.29, 1.82) is 0 Å². The van der Waals surface area contributed by atoms with Crippen molar-refractivity contribution in [2.75, 3.05) is 26.7 Å². The zero-order chi connectivity index (χ0) is 21.0. The van der Waals surface area contributed by atoms with Crippen LogP contribution in [0.5, 0.6) is 0 Å². The number of amides is 1. The molecular weight excluding hydrogens is 406 g/mol. The summed E-state index contributed by atoms with van der Waals surface area (Å²) in [5.41, 5.74) is 0.325. The van der Waals surface area contributed by atoms with Crippen molar-refractivity contribution in [3.05, 3.63) is 17.5 Å². The van der Waals surface area contributed by atoms with Crippen molar-refractivity contribution >= 4 is 16.1 Å². The van der Waals surface area contributed by atoms with Crippen molar-refractivity contribution < 1.29 is 17.7 Å². The first-order valence-electron chi connectivity index (χ1n) is 11.1. The summed E-state index contributed by atoms with van der Waals surface area (Å²) in [5, 5.41) is 6.99. The largest absolute Gasteiger partial charge is 0.360 e. The van der Waals surface area contributed by atoms with Crippen molar-refractivity contribution in [2.24, 2.45) is 0 Å². The van der Waals surface area contributed by atoms with Gasteiger partial charge in [0.1, 0.15) is 5.76 Å². The van der Waals surface area contributed by atoms with Gasteiger partial charge in [-0.1, -0.05) is 5.16 Å². The minimum Gasteiger partial charge on any atom is -0.360 e. The van der Waals surface area contributed by atoms with Crippen LogP contribution in [0.15, 0.2) is 10.6 Å². The number of carbonyl (C=O) groups is 1. The van der Waals surface area contributed by atoms with E-state index in [0.717, 1.165) is 38.0 Å². The minimum absolute atomic E-state index is 0.0334. The number of fused-ring (bicyclic) bond motifs is 2. The Morgan fingerprint density at radius 2 is 1.87 bits per heavy atom. The minimum atomic E-state index is -3.48. The van der Waals surface area contributed by atoms with Gasteiger partial charge in [0, 0.05) is 55.8 Å². The highest BCUT2D eigenvalue weighted by molar-refractivity contribution is 7.86. The number of piperidine rings is 1. The Balaban J connectivity index is 1.23. The quantitative estimate of drug-likeness (QED) is 0.742. The van der Waals surface area contributed by atoms with Crippen LogP contribution in [0.25, 0.3) is 0 Å². The van der Waals surface area contributed by atoms with Gasteiger partial charge in [0.15, 0.2) is 5.69 Å². The number of nitrogens with one attached hydrogen (secondary N) is 1. The van der Waals surface area contributed by atoms with E-state index >= 15 is 0 Å². The fourth-order valence-corrected chi connectivity index (χ4v) is 7.32. The second-order valence-corrected chi connectivity index (χ2v) is 11.3. The number of hydrogen-bond acceptors (Lipinski definition) is 6. The molecule has 1 amide bonds. The molecule has 4 aliphatic rings. The maximum Gasteiger partial charge on any atom is 0.282 e. The summed E-state index contributed by atoms with van der Waals surface area (Å²) in [6, 6.07) is 1.83. The average Bonchev–Trinajstić information content (AvgIpc) is 3.36. The molecule has 1 aliphatic carbocycles. The Bertz CT molecular complexity index is 900. The standard InChI is InChI=1S/C20H31N5O4S/c1-13-12-24(8-7-23(13)2)30(27,28)25-16-5-6-17(25)10-15(9-16)21-20(26)18-11-19(29-22-18)14-3-4-14/h11,13-17H,3-10,12H2,1-2H3,(H,21,26)/t13?,15-,16+,17-. The van der Waals surface area contributed by atoms with Gasteiger partial charge in [-0.05, 0) is 52.5 Å². The number of aromatic nitrogens is 1. The lowest BCUT2D eigenvalue weighted by Gasteiger charge is -2.43. The lowest BCUT2D eigenvalue weighted by atomic mass is 9.99. The molecule has 1 aromatic rings. The zero-order valence-corrected chi connectivity index (χ0v) is 18.5. The molecule has 4 fully saturated rings. The molecule has 3 saturated heterocycles. The first-order valence-corrected chi connectivity index (χ1v) is 12.5. The Morgan fingerprint density at radius 3 is 2.50 bits per heavy atom. The van der Waals surface area contributed by atoms with Crippen LogP contribution in [0.2, 0.25) is 0 Å². The smallest absolute Gasteiger partial charge is 0.282 e. The number of nitrogens with zero attached hydrogens (tertiary/aromatic N) is 4. The Hall–Kier alpha value is -1.49. The van der Waals surface area contributed by atoms with Gasteiger partial charge in [-0.25, -0.2) is 0 Å². The molecule has 1 saturated carbocycles. The molecule has 5 rings (SSSR count). The second kappa shape index (κ2) is 7.58. The van der Waals surface area contributed by atoms with E-state index in [1.165, 1.54) is 0 Å². The first-order chi connectivity index (χ1) is 14.3. The predicted molar refractivity (Wildman–Crippen MR) is 110 cm³/mol. The molecule has 3 aliphatic heterocycles. The van der Waals surface area contributed by atoms with Gasteiger partial charge in [-0.15, -0.1) is 0 Å². The monoisotopic (exact) mass is 437 g/mol. The molecule has 30 heavy (non-hydrogen) atoms. The highest BCUT2D eigenvalue weighted by Gasteiger charge is 2.49. The van der Waals surface area contributed by atoms with Crippen LogP contribution in [0.4, 0.5) is 0 Å². The molecule has 0 spiro atoms. The number of hydrogen-bond donors (Lipinski definition) is 1. The molecule has 1 unspecified atom stereocenters. The highest BCUT2D eigenvalue weighted by Crippen LogP contribution is 2.41. The zero-order valence-electron chi connectivity index (χ0n) is 17.7. The maximum absolute atomic E-state index is 13.4. The number of rotatable bonds is 5. The fraction of sp³-hybridized carbons (Fsp3) is 0.800. The molecule has 9 nitrogen and oxygen atoms in total. The molecule has 166 valence electrons. The van der Waals surface area contributed by atoms with Crippen LogP contribution in [0.1, 0.15) is 67.6 Å². The van der Waals surface area contributed by atoms with Crippen molar-refractivity contribution in [3.8, 4) is 0 Å². The van der Waals surface area contributed by atoms with Crippen LogP contribution in [-0.4, -0.2) is 83.8 Å². The molecule has 1 aromatic heterocycles. The van der Waals surface area contributed by atoms with E-state index in [2.05, 4.69) is 22.3 Å². The van der Waals surface area contributed by atoms with Crippen LogP contribution < -0.4 is 5.32 Å². The molecular formula is C20H31N5O4S. The van der Waals surface area contributed by atoms with Crippen LogP contribution in [-0.2, 0) is 10.2 Å². The number of likely N-dealkylation sites (N-methyl/N-ethyl adjacent to an activating group) is 1. The van der Waals surface area contributed by atoms with Gasteiger partial charge in [0.2, 0.25) is 0 Å². The van der Waals surface area contributed by atoms with Gasteiger partial charge in [0.25, 0.3) is 16.1 Å². The Labute approximate surface area is 177 Å². The number of carbonyl (C=O) groups excluding carboxylic acids is 1. The first kappa shape index (κ1) is 20.4. The third-order valence-electron chi connectivity index (χ3n) is 7.26. The summed E-state index contributed by atoms with van der Waals surface area (Å²) in [7, 11) is -1.44. The summed E-state index contributed by atoms with van der Waals surface area (Å²) in [5.74, 6) is 0.988. The van der Waals surface area contributed by atoms with E-state index in [4.69, 9.17) is 4.52 Å². The van der Waals surface area contributed by atoms with Crippen LogP contribution in [0, 0.1) is 0 Å². The molecule has 4 heterocycles. The van der Waals surface area contributed by atoms with E-state index in [1.54, 1.807) is 14.7 Å². The van der Waals surface area contributed by atoms with Gasteiger partial charge in [-0.3, -0.25) is 4.79 Å². The summed E-state index contributed by atoms with van der Waals surface area (Å²) in [4.78, 5) is 14.8. The van der Waals surface area contributed by atoms with Crippen molar-refractivity contribution in [1.82, 2.24) is 24.0 Å². The molecule has 0 radical (unpaired) electrons. The van der Waals surface area contributed by atoms with E-state index in [1.807, 2.05) is 7.05 Å². The summed E-state index contributed by atoms with van der Waals surface area (Å²) >= 11 is 0. The Morgan fingerprint density at radius 1 is 1.17 bits per heavy atom. The molecule has 1 N–H and O–H groups in total. The number of piperazine rings is 1. The third-order valence-corrected chi connectivity index (χ3v) is 9.37. The van der Waals surface area contributed by atoms with E-state index in [9.17, 15) is 13.2 Å². The van der Waals surface area contributed by atoms with Crippen molar-refractivity contribution in [3.63, 3.8) is 0 Å². The molecule has 4 atom stereocenters. The normalized spacial score (nSPS) is 33.7. The third kappa shape index (κ3) is 3.68. The molecule has 10 heteroatoms. The summed E-state index contributed by atoms with van der Waals surface area (Å²) in [6.07, 6.45) is 5.21. The van der Waals surface area contributed by atoms with Crippen LogP contribution >= 0.6 is 0 Å². The fourth-order valence-electron chi connectivity index (χ4n) is 5.20. The van der Waals surface area contributed by atoms with Gasteiger partial charge >= 0.3 is 0 Å².